The zero-order valence-electron chi connectivity index (χ0n) is 16.5. The normalized spacial score (nSPS) is 23.4. The molecule has 3 rings (SSSR count). The van der Waals surface area contributed by atoms with Crippen LogP contribution < -0.4 is 16.0 Å². The first-order chi connectivity index (χ1) is 14.2. The lowest BCUT2D eigenvalue weighted by Crippen LogP contribution is -2.42. The number of nitrogens with zero attached hydrogens (tertiary/aromatic N) is 2. The molecule has 162 valence electrons. The van der Waals surface area contributed by atoms with E-state index < -0.39 is 48.4 Å². The number of phenolic OH excluding ortho intramolecular Hbond substituents is 1. The van der Waals surface area contributed by atoms with Gasteiger partial charge < -0.3 is 29.5 Å². The summed E-state index contributed by atoms with van der Waals surface area (Å²) in [6.07, 6.45) is -4.08. The second-order valence-electron chi connectivity index (χ2n) is 6.85. The third kappa shape index (κ3) is 3.70. The number of aromatic hydroxyl groups is 1. The van der Waals surface area contributed by atoms with Crippen molar-refractivity contribution >= 4 is 5.97 Å². The van der Waals surface area contributed by atoms with Crippen molar-refractivity contribution in [2.45, 2.75) is 31.5 Å². The van der Waals surface area contributed by atoms with Gasteiger partial charge in [0.05, 0.1) is 13.7 Å². The maximum absolute atomic E-state index is 12.8. The molecule has 1 aliphatic heterocycles. The summed E-state index contributed by atoms with van der Waals surface area (Å²) in [4.78, 5) is 36.7. The molecule has 11 nitrogen and oxygen atoms in total. The van der Waals surface area contributed by atoms with E-state index in [0.29, 0.717) is 5.56 Å². The van der Waals surface area contributed by atoms with Crippen molar-refractivity contribution in [1.29, 1.82) is 0 Å². The summed E-state index contributed by atoms with van der Waals surface area (Å²) < 4.78 is 17.9. The molecule has 1 fully saturated rings. The predicted octanol–water partition coefficient (Wildman–Crippen LogP) is -0.954. The monoisotopic (exact) mass is 422 g/mol. The predicted molar refractivity (Wildman–Crippen MR) is 102 cm³/mol. The second kappa shape index (κ2) is 8.30. The molecule has 0 radical (unpaired) electrons. The Hall–Kier alpha value is -3.15. The van der Waals surface area contributed by atoms with Gasteiger partial charge in [-0.3, -0.25) is 13.9 Å². The number of aryl methyl sites for hydroxylation is 1. The molecular weight excluding hydrogens is 400 g/mol. The van der Waals surface area contributed by atoms with Gasteiger partial charge in [0.1, 0.15) is 29.3 Å². The number of hydrogen-bond donors (Lipinski definition) is 3. The van der Waals surface area contributed by atoms with Crippen LogP contribution >= 0.6 is 0 Å². The van der Waals surface area contributed by atoms with Gasteiger partial charge in [0, 0.05) is 25.4 Å². The summed E-state index contributed by atoms with van der Waals surface area (Å²) in [5.74, 6) is -0.909. The van der Waals surface area contributed by atoms with E-state index in [2.05, 4.69) is 0 Å². The second-order valence-corrected chi connectivity index (χ2v) is 6.85. The number of hydrogen-bond acceptors (Lipinski definition) is 9. The largest absolute Gasteiger partial charge is 0.508 e. The summed E-state index contributed by atoms with van der Waals surface area (Å²) >= 11 is 0. The fourth-order valence-corrected chi connectivity index (χ4v) is 3.36. The van der Waals surface area contributed by atoms with Gasteiger partial charge >= 0.3 is 11.7 Å². The fraction of sp³-hybridized carbons (Fsp3) is 0.421. The van der Waals surface area contributed by atoms with Gasteiger partial charge in [-0.1, -0.05) is 0 Å². The maximum atomic E-state index is 12.8. The Bertz CT molecular complexity index is 1070. The Balaban J connectivity index is 1.92. The molecule has 3 N–H and O–H groups in total. The number of phenols is 1. The van der Waals surface area contributed by atoms with E-state index in [0.717, 1.165) is 21.4 Å². The van der Waals surface area contributed by atoms with E-state index in [4.69, 9.17) is 14.2 Å². The van der Waals surface area contributed by atoms with Crippen molar-refractivity contribution in [2.75, 3.05) is 13.7 Å². The Morgan fingerprint density at radius 3 is 2.63 bits per heavy atom. The molecule has 30 heavy (non-hydrogen) atoms. The first kappa shape index (κ1) is 21.6. The number of aromatic nitrogens is 2. The molecule has 2 aromatic rings. The SMILES string of the molecule is COc1cc(O)cc(C)c1C(=O)O[C@H]1[C@@H](O)[C@H](n2ccc(=O)n(C)c2=O)O[C@@H]1CO. The number of ether oxygens (including phenoxy) is 3. The van der Waals surface area contributed by atoms with E-state index in [-0.39, 0.29) is 17.1 Å². The summed E-state index contributed by atoms with van der Waals surface area (Å²) in [6.45, 7) is 0.967. The Kier molecular flexibility index (Phi) is 5.97. The summed E-state index contributed by atoms with van der Waals surface area (Å²) in [7, 11) is 2.58. The molecule has 1 saturated heterocycles. The average Bonchev–Trinajstić information content (AvgIpc) is 3.01. The van der Waals surface area contributed by atoms with E-state index in [1.807, 2.05) is 0 Å². The number of carbonyl (C=O) groups is 1. The first-order valence-corrected chi connectivity index (χ1v) is 9.00. The fourth-order valence-electron chi connectivity index (χ4n) is 3.36. The van der Waals surface area contributed by atoms with Gasteiger partial charge in [-0.05, 0) is 18.6 Å². The number of aliphatic hydroxyl groups is 2. The van der Waals surface area contributed by atoms with Crippen molar-refractivity contribution in [2.24, 2.45) is 7.05 Å². The smallest absolute Gasteiger partial charge is 0.342 e. The van der Waals surface area contributed by atoms with Gasteiger partial charge in [0.25, 0.3) is 5.56 Å². The standard InChI is InChI=1S/C19H22N2O9/c1-9-6-10(23)7-11(28-3)14(9)18(26)30-16-12(8-22)29-17(15(16)25)21-5-4-13(24)20(2)19(21)27/h4-7,12,15-17,22-23,25H,8H2,1-3H3/t12-,15-,16-,17-/m1/s1. The lowest BCUT2D eigenvalue weighted by molar-refractivity contribution is -0.0568. The minimum Gasteiger partial charge on any atom is -0.508 e. The lowest BCUT2D eigenvalue weighted by atomic mass is 10.1. The maximum Gasteiger partial charge on any atom is 0.342 e. The summed E-state index contributed by atoms with van der Waals surface area (Å²) in [6, 6.07) is 3.70. The zero-order valence-corrected chi connectivity index (χ0v) is 16.5. The van der Waals surface area contributed by atoms with E-state index in [9.17, 15) is 29.7 Å². The van der Waals surface area contributed by atoms with Crippen LogP contribution in [0.1, 0.15) is 22.1 Å². The molecule has 1 aliphatic rings. The Morgan fingerprint density at radius 1 is 1.30 bits per heavy atom. The van der Waals surface area contributed by atoms with Crippen LogP contribution in [-0.2, 0) is 16.5 Å². The molecule has 1 aromatic carbocycles. The van der Waals surface area contributed by atoms with Gasteiger partial charge in [-0.25, -0.2) is 9.59 Å². The molecule has 0 aliphatic carbocycles. The highest BCUT2D eigenvalue weighted by molar-refractivity contribution is 5.94. The van der Waals surface area contributed by atoms with Crippen LogP contribution in [0.25, 0.3) is 0 Å². The third-order valence-corrected chi connectivity index (χ3v) is 4.93. The Labute approximate surface area is 170 Å². The summed E-state index contributed by atoms with van der Waals surface area (Å²) in [5, 5.41) is 30.0. The molecule has 0 bridgehead atoms. The molecule has 0 saturated carbocycles. The number of carbonyl (C=O) groups excluding carboxylic acids is 1. The number of benzene rings is 1. The molecule has 2 heterocycles. The van der Waals surface area contributed by atoms with Gasteiger partial charge in [-0.2, -0.15) is 0 Å². The number of esters is 1. The molecule has 0 unspecified atom stereocenters. The van der Waals surface area contributed by atoms with Crippen molar-refractivity contribution < 1.29 is 34.3 Å². The van der Waals surface area contributed by atoms with E-state index >= 15 is 0 Å². The molecule has 4 atom stereocenters. The number of methoxy groups -OCH3 is 1. The van der Waals surface area contributed by atoms with Crippen LogP contribution in [0.3, 0.4) is 0 Å². The topological polar surface area (TPSA) is 149 Å². The van der Waals surface area contributed by atoms with Crippen LogP contribution in [-0.4, -0.2) is 62.5 Å². The molecule has 11 heteroatoms. The number of rotatable bonds is 5. The molecule has 0 amide bonds. The minimum absolute atomic E-state index is 0.0296. The van der Waals surface area contributed by atoms with Crippen LogP contribution in [0.5, 0.6) is 11.5 Å². The van der Waals surface area contributed by atoms with Crippen LogP contribution in [0.4, 0.5) is 0 Å². The first-order valence-electron chi connectivity index (χ1n) is 9.00. The van der Waals surface area contributed by atoms with Crippen LogP contribution in [0, 0.1) is 6.92 Å². The van der Waals surface area contributed by atoms with Gasteiger partial charge in [0.2, 0.25) is 0 Å². The van der Waals surface area contributed by atoms with Gasteiger partial charge in [-0.15, -0.1) is 0 Å². The van der Waals surface area contributed by atoms with Crippen molar-refractivity contribution in [3.63, 3.8) is 0 Å². The van der Waals surface area contributed by atoms with Crippen molar-refractivity contribution in [1.82, 2.24) is 9.13 Å². The lowest BCUT2D eigenvalue weighted by Gasteiger charge is -2.21. The van der Waals surface area contributed by atoms with Crippen molar-refractivity contribution in [3.05, 3.63) is 56.4 Å². The third-order valence-electron chi connectivity index (χ3n) is 4.93. The quantitative estimate of drug-likeness (QED) is 0.518. The zero-order chi connectivity index (χ0) is 22.2. The number of aliphatic hydroxyl groups excluding tert-OH is 2. The molecule has 0 spiro atoms. The van der Waals surface area contributed by atoms with Gasteiger partial charge in [0.15, 0.2) is 12.3 Å². The van der Waals surface area contributed by atoms with E-state index in [1.165, 1.54) is 26.3 Å². The average molecular weight is 422 g/mol. The van der Waals surface area contributed by atoms with E-state index in [1.54, 1.807) is 6.92 Å². The van der Waals surface area contributed by atoms with Crippen LogP contribution in [0.2, 0.25) is 0 Å². The summed E-state index contributed by atoms with van der Waals surface area (Å²) in [5.41, 5.74) is -0.884. The highest BCUT2D eigenvalue weighted by Crippen LogP contribution is 2.33. The minimum atomic E-state index is -1.51. The highest BCUT2D eigenvalue weighted by atomic mass is 16.6. The van der Waals surface area contributed by atoms with Crippen molar-refractivity contribution in [3.8, 4) is 11.5 Å². The highest BCUT2D eigenvalue weighted by Gasteiger charge is 2.47. The molecule has 1 aromatic heterocycles. The van der Waals surface area contributed by atoms with Crippen LogP contribution in [0.15, 0.2) is 34.0 Å². The molecular formula is C19H22N2O9. The Morgan fingerprint density at radius 2 is 2.00 bits per heavy atom.